The quantitative estimate of drug-likeness (QED) is 0.452. The summed E-state index contributed by atoms with van der Waals surface area (Å²) < 4.78 is 8.85. The molecule has 1 aliphatic rings. The topological polar surface area (TPSA) is 73.5 Å². The molecule has 9 heteroatoms. The van der Waals surface area contributed by atoms with Gasteiger partial charge in [-0.2, -0.15) is 0 Å². The van der Waals surface area contributed by atoms with Crippen LogP contribution in [0.5, 0.6) is 5.75 Å². The number of ether oxygens (including phenoxy) is 1. The van der Waals surface area contributed by atoms with Gasteiger partial charge in [0.15, 0.2) is 0 Å². The van der Waals surface area contributed by atoms with Crippen LogP contribution in [0.15, 0.2) is 56.7 Å². The number of anilines is 1. The fourth-order valence-electron chi connectivity index (χ4n) is 3.97. The van der Waals surface area contributed by atoms with Crippen LogP contribution in [0.3, 0.4) is 0 Å². The summed E-state index contributed by atoms with van der Waals surface area (Å²) in [4.78, 5) is 42.4. The number of thiophene rings is 2. The van der Waals surface area contributed by atoms with Gasteiger partial charge in [-0.25, -0.2) is 4.79 Å². The normalized spacial score (nSPS) is 13.2. The van der Waals surface area contributed by atoms with Crippen molar-refractivity contribution in [3.8, 4) is 5.75 Å². The number of rotatable bonds is 5. The van der Waals surface area contributed by atoms with E-state index in [-0.39, 0.29) is 24.6 Å². The average molecular weight is 468 g/mol. The van der Waals surface area contributed by atoms with Gasteiger partial charge >= 0.3 is 5.69 Å². The Balaban J connectivity index is 1.51. The van der Waals surface area contributed by atoms with E-state index in [0.29, 0.717) is 41.2 Å². The molecule has 4 heterocycles. The zero-order chi connectivity index (χ0) is 22.2. The molecule has 0 saturated heterocycles. The summed E-state index contributed by atoms with van der Waals surface area (Å²) in [5.41, 5.74) is 1.48. The number of aromatic nitrogens is 2. The van der Waals surface area contributed by atoms with Crippen molar-refractivity contribution >= 4 is 44.5 Å². The Bertz CT molecular complexity index is 1420. The third-order valence-corrected chi connectivity index (χ3v) is 7.40. The summed E-state index contributed by atoms with van der Waals surface area (Å²) in [5, 5.41) is 3.75. The summed E-state index contributed by atoms with van der Waals surface area (Å²) in [6.45, 7) is 2.90. The van der Waals surface area contributed by atoms with Gasteiger partial charge in [-0.15, -0.1) is 22.7 Å². The SMILES string of the molecule is Cc1ccc2c(c1)N(C(=O)Cn1c(=O)n(CCc3cccs3)c(=O)c3sccc31)CCO2. The van der Waals surface area contributed by atoms with E-state index in [1.807, 2.05) is 42.6 Å². The molecule has 0 aliphatic carbocycles. The fourth-order valence-corrected chi connectivity index (χ4v) is 5.51. The zero-order valence-corrected chi connectivity index (χ0v) is 19.1. The summed E-state index contributed by atoms with van der Waals surface area (Å²) in [6, 6.07) is 11.4. The third kappa shape index (κ3) is 3.67. The number of amides is 1. The van der Waals surface area contributed by atoms with Crippen LogP contribution in [0.2, 0.25) is 0 Å². The zero-order valence-electron chi connectivity index (χ0n) is 17.4. The lowest BCUT2D eigenvalue weighted by atomic mass is 10.1. The van der Waals surface area contributed by atoms with Gasteiger partial charge in [-0.3, -0.25) is 18.7 Å². The number of aryl methyl sites for hydroxylation is 2. The Labute approximate surface area is 191 Å². The molecule has 4 aromatic rings. The van der Waals surface area contributed by atoms with Crippen molar-refractivity contribution in [2.24, 2.45) is 0 Å². The lowest BCUT2D eigenvalue weighted by Gasteiger charge is -2.30. The van der Waals surface area contributed by atoms with E-state index < -0.39 is 5.69 Å². The second kappa shape index (κ2) is 8.40. The van der Waals surface area contributed by atoms with Crippen LogP contribution >= 0.6 is 22.7 Å². The number of nitrogens with zero attached hydrogens (tertiary/aromatic N) is 3. The smallest absolute Gasteiger partial charge is 0.332 e. The van der Waals surface area contributed by atoms with Gasteiger partial charge in [0.25, 0.3) is 5.56 Å². The molecule has 1 amide bonds. The van der Waals surface area contributed by atoms with Crippen LogP contribution in [0.4, 0.5) is 5.69 Å². The Hall–Kier alpha value is -3.17. The molecule has 0 spiro atoms. The van der Waals surface area contributed by atoms with Crippen LogP contribution in [-0.2, 0) is 24.3 Å². The average Bonchev–Trinajstić information content (AvgIpc) is 3.48. The van der Waals surface area contributed by atoms with Crippen molar-refractivity contribution in [2.75, 3.05) is 18.1 Å². The molecule has 3 aromatic heterocycles. The van der Waals surface area contributed by atoms with Gasteiger partial charge < -0.3 is 9.64 Å². The minimum atomic E-state index is -0.455. The van der Waals surface area contributed by atoms with Gasteiger partial charge in [0, 0.05) is 11.4 Å². The van der Waals surface area contributed by atoms with Crippen molar-refractivity contribution in [1.82, 2.24) is 9.13 Å². The first-order valence-corrected chi connectivity index (χ1v) is 12.1. The minimum absolute atomic E-state index is 0.140. The highest BCUT2D eigenvalue weighted by Gasteiger charge is 2.25. The van der Waals surface area contributed by atoms with Crippen molar-refractivity contribution in [1.29, 1.82) is 0 Å². The molecule has 164 valence electrons. The number of benzene rings is 1. The van der Waals surface area contributed by atoms with Gasteiger partial charge in [0.05, 0.1) is 17.7 Å². The van der Waals surface area contributed by atoms with E-state index in [0.717, 1.165) is 10.4 Å². The van der Waals surface area contributed by atoms with Crippen molar-refractivity contribution in [2.45, 2.75) is 26.4 Å². The highest BCUT2D eigenvalue weighted by Crippen LogP contribution is 2.32. The van der Waals surface area contributed by atoms with Gasteiger partial charge in [0.2, 0.25) is 5.91 Å². The van der Waals surface area contributed by atoms with Crippen LogP contribution < -0.4 is 20.9 Å². The lowest BCUT2D eigenvalue weighted by molar-refractivity contribution is -0.119. The molecule has 1 aliphatic heterocycles. The molecule has 0 fully saturated rings. The monoisotopic (exact) mass is 467 g/mol. The van der Waals surface area contributed by atoms with Crippen molar-refractivity contribution < 1.29 is 9.53 Å². The molecule has 0 saturated carbocycles. The van der Waals surface area contributed by atoms with Crippen LogP contribution in [0.25, 0.3) is 10.2 Å². The first kappa shape index (κ1) is 20.7. The Kier molecular flexibility index (Phi) is 5.44. The van der Waals surface area contributed by atoms with Gasteiger partial charge in [-0.05, 0) is 53.9 Å². The molecule has 0 bridgehead atoms. The van der Waals surface area contributed by atoms with E-state index in [1.165, 1.54) is 20.5 Å². The van der Waals surface area contributed by atoms with E-state index in [2.05, 4.69) is 0 Å². The largest absolute Gasteiger partial charge is 0.490 e. The molecule has 0 atom stereocenters. The van der Waals surface area contributed by atoms with Gasteiger partial charge in [-0.1, -0.05) is 12.1 Å². The summed E-state index contributed by atoms with van der Waals surface area (Å²) in [5.74, 6) is 0.447. The fraction of sp³-hybridized carbons (Fsp3) is 0.261. The molecular weight excluding hydrogens is 446 g/mol. The second-order valence-electron chi connectivity index (χ2n) is 7.65. The molecule has 5 rings (SSSR count). The number of carbonyl (C=O) groups excluding carboxylic acids is 1. The molecule has 1 aromatic carbocycles. The van der Waals surface area contributed by atoms with Crippen LogP contribution in [0.1, 0.15) is 10.4 Å². The Morgan fingerprint density at radius 2 is 1.97 bits per heavy atom. The van der Waals surface area contributed by atoms with E-state index in [1.54, 1.807) is 27.7 Å². The molecule has 0 N–H and O–H groups in total. The summed E-state index contributed by atoms with van der Waals surface area (Å²) in [6.07, 6.45) is 0.591. The van der Waals surface area contributed by atoms with Crippen LogP contribution in [-0.4, -0.2) is 28.2 Å². The maximum Gasteiger partial charge on any atom is 0.332 e. The Morgan fingerprint density at radius 1 is 1.09 bits per heavy atom. The molecule has 7 nitrogen and oxygen atoms in total. The van der Waals surface area contributed by atoms with E-state index in [9.17, 15) is 14.4 Å². The maximum absolute atomic E-state index is 13.3. The number of carbonyl (C=O) groups is 1. The lowest BCUT2D eigenvalue weighted by Crippen LogP contribution is -2.45. The minimum Gasteiger partial charge on any atom is -0.490 e. The van der Waals surface area contributed by atoms with Crippen molar-refractivity contribution in [3.63, 3.8) is 0 Å². The van der Waals surface area contributed by atoms with E-state index >= 15 is 0 Å². The van der Waals surface area contributed by atoms with Crippen LogP contribution in [0, 0.1) is 6.92 Å². The molecular formula is C23H21N3O4S2. The molecule has 32 heavy (non-hydrogen) atoms. The first-order valence-electron chi connectivity index (χ1n) is 10.3. The molecule has 0 unspecified atom stereocenters. The summed E-state index contributed by atoms with van der Waals surface area (Å²) in [7, 11) is 0. The standard InChI is InChI=1S/C23H21N3O4S2/c1-15-4-5-19-18(13-15)24(9-10-30-19)20(27)14-26-17-7-12-32-21(17)22(28)25(23(26)29)8-6-16-3-2-11-31-16/h2-5,7,11-13H,6,8-10,14H2,1H3. The number of hydrogen-bond acceptors (Lipinski definition) is 6. The first-order chi connectivity index (χ1) is 15.5. The molecule has 0 radical (unpaired) electrons. The maximum atomic E-state index is 13.3. The number of fused-ring (bicyclic) bond motifs is 2. The highest BCUT2D eigenvalue weighted by molar-refractivity contribution is 7.17. The Morgan fingerprint density at radius 3 is 2.78 bits per heavy atom. The highest BCUT2D eigenvalue weighted by atomic mass is 32.1. The number of hydrogen-bond donors (Lipinski definition) is 0. The third-order valence-electron chi connectivity index (χ3n) is 5.57. The summed E-state index contributed by atoms with van der Waals surface area (Å²) >= 11 is 2.89. The van der Waals surface area contributed by atoms with Gasteiger partial charge in [0.1, 0.15) is 23.6 Å². The van der Waals surface area contributed by atoms with Crippen molar-refractivity contribution in [3.05, 3.63) is 78.4 Å². The second-order valence-corrected chi connectivity index (χ2v) is 9.60. The predicted octanol–water partition coefficient (Wildman–Crippen LogP) is 3.26. The van der Waals surface area contributed by atoms with E-state index in [4.69, 9.17) is 4.74 Å². The predicted molar refractivity (Wildman–Crippen MR) is 127 cm³/mol.